The van der Waals surface area contributed by atoms with E-state index in [0.717, 1.165) is 36.0 Å². The topological polar surface area (TPSA) is 74.7 Å². The molecule has 1 aliphatic heterocycles. The molecule has 29 heavy (non-hydrogen) atoms. The normalized spacial score (nSPS) is 24.5. The van der Waals surface area contributed by atoms with Gasteiger partial charge in [-0.05, 0) is 48.3 Å². The molecular weight excluding hydrogens is 385 g/mol. The van der Waals surface area contributed by atoms with E-state index in [1.54, 1.807) is 0 Å². The predicted molar refractivity (Wildman–Crippen MR) is 117 cm³/mol. The molecule has 1 saturated heterocycles. The second-order valence-electron chi connectivity index (χ2n) is 8.31. The molecule has 1 aliphatic carbocycles. The van der Waals surface area contributed by atoms with Gasteiger partial charge in [0, 0.05) is 6.04 Å². The molecule has 0 radical (unpaired) electrons. The van der Waals surface area contributed by atoms with Crippen molar-refractivity contribution in [2.24, 2.45) is 5.92 Å². The summed E-state index contributed by atoms with van der Waals surface area (Å²) in [5.74, 6) is -0.880. The van der Waals surface area contributed by atoms with Crippen LogP contribution in [0.25, 0.3) is 11.1 Å². The van der Waals surface area contributed by atoms with Gasteiger partial charge in [0.1, 0.15) is 13.9 Å². The van der Waals surface area contributed by atoms with E-state index in [2.05, 4.69) is 32.1 Å². The summed E-state index contributed by atoms with van der Waals surface area (Å²) in [4.78, 5) is 11.7. The van der Waals surface area contributed by atoms with Gasteiger partial charge in [0.2, 0.25) is 10.0 Å². The van der Waals surface area contributed by atoms with Gasteiger partial charge in [-0.25, -0.2) is 8.42 Å². The van der Waals surface area contributed by atoms with Crippen molar-refractivity contribution in [1.82, 2.24) is 4.31 Å². The number of fused-ring (bicyclic) bond motifs is 1. The zero-order valence-electron chi connectivity index (χ0n) is 16.6. The molecule has 152 valence electrons. The van der Waals surface area contributed by atoms with Gasteiger partial charge < -0.3 is 5.11 Å². The SMILES string of the molecule is Bc1ccc(-c2ccc(CCS(=O)(=O)N3C(C(=O)O)C[C@H]4CCC[C@H]43)cc2)cc1. The van der Waals surface area contributed by atoms with E-state index in [1.807, 2.05) is 24.3 Å². The Balaban J connectivity index is 1.46. The minimum Gasteiger partial charge on any atom is -0.480 e. The fourth-order valence-corrected chi connectivity index (χ4v) is 6.78. The molecular formula is C22H26BNO4S. The van der Waals surface area contributed by atoms with Crippen LogP contribution < -0.4 is 5.46 Å². The lowest BCUT2D eigenvalue weighted by Gasteiger charge is -2.26. The van der Waals surface area contributed by atoms with E-state index in [9.17, 15) is 18.3 Å². The van der Waals surface area contributed by atoms with Crippen molar-refractivity contribution < 1.29 is 18.3 Å². The van der Waals surface area contributed by atoms with Crippen molar-refractivity contribution >= 4 is 29.3 Å². The molecule has 2 fully saturated rings. The smallest absolute Gasteiger partial charge is 0.322 e. The molecule has 4 rings (SSSR count). The average Bonchev–Trinajstić information content (AvgIpc) is 3.29. The first kappa shape index (κ1) is 20.2. The van der Waals surface area contributed by atoms with Crippen molar-refractivity contribution in [2.45, 2.75) is 44.2 Å². The minimum atomic E-state index is -3.62. The lowest BCUT2D eigenvalue weighted by Crippen LogP contribution is -2.46. The van der Waals surface area contributed by atoms with Crippen LogP contribution in [0.5, 0.6) is 0 Å². The first-order valence-corrected chi connectivity index (χ1v) is 11.9. The average molecular weight is 411 g/mol. The number of rotatable bonds is 6. The molecule has 5 nitrogen and oxygen atoms in total. The number of hydrogen-bond acceptors (Lipinski definition) is 3. The highest BCUT2D eigenvalue weighted by Gasteiger charge is 2.51. The number of aryl methyl sites for hydroxylation is 1. The third-order valence-corrected chi connectivity index (χ3v) is 8.26. The van der Waals surface area contributed by atoms with Crippen LogP contribution in [0.4, 0.5) is 0 Å². The molecule has 0 amide bonds. The third-order valence-electron chi connectivity index (χ3n) is 6.37. The predicted octanol–water partition coefficient (Wildman–Crippen LogP) is 1.81. The molecule has 1 unspecified atom stereocenters. The van der Waals surface area contributed by atoms with Crippen LogP contribution in [0.3, 0.4) is 0 Å². The molecule has 0 spiro atoms. The maximum absolute atomic E-state index is 13.0. The summed E-state index contributed by atoms with van der Waals surface area (Å²) in [6.07, 6.45) is 3.52. The maximum atomic E-state index is 13.0. The Bertz CT molecular complexity index is 988. The highest BCUT2D eigenvalue weighted by molar-refractivity contribution is 7.89. The van der Waals surface area contributed by atoms with Crippen LogP contribution >= 0.6 is 0 Å². The van der Waals surface area contributed by atoms with Gasteiger partial charge in [0.05, 0.1) is 5.75 Å². The summed E-state index contributed by atoms with van der Waals surface area (Å²) in [6.45, 7) is 0. The molecule has 0 bridgehead atoms. The second kappa shape index (κ2) is 7.96. The van der Waals surface area contributed by atoms with Gasteiger partial charge in [-0.1, -0.05) is 60.4 Å². The first-order chi connectivity index (χ1) is 13.8. The number of aliphatic carboxylic acids is 1. The van der Waals surface area contributed by atoms with Crippen LogP contribution in [0.15, 0.2) is 48.5 Å². The van der Waals surface area contributed by atoms with Crippen molar-refractivity contribution in [1.29, 1.82) is 0 Å². The zero-order valence-corrected chi connectivity index (χ0v) is 17.4. The number of nitrogens with zero attached hydrogens (tertiary/aromatic N) is 1. The Labute approximate surface area is 173 Å². The Morgan fingerprint density at radius 3 is 2.28 bits per heavy atom. The molecule has 1 N–H and O–H groups in total. The monoisotopic (exact) mass is 411 g/mol. The summed E-state index contributed by atoms with van der Waals surface area (Å²) < 4.78 is 27.4. The summed E-state index contributed by atoms with van der Waals surface area (Å²) in [5.41, 5.74) is 4.37. The second-order valence-corrected chi connectivity index (χ2v) is 10.3. The number of hydrogen-bond donors (Lipinski definition) is 1. The van der Waals surface area contributed by atoms with Crippen molar-refractivity contribution in [3.63, 3.8) is 0 Å². The molecule has 2 aromatic carbocycles. The quantitative estimate of drug-likeness (QED) is 0.736. The van der Waals surface area contributed by atoms with Crippen LogP contribution in [0.2, 0.25) is 0 Å². The van der Waals surface area contributed by atoms with Gasteiger partial charge >= 0.3 is 5.97 Å². The standard InChI is InChI=1S/C22H26BNO4S/c23-19-10-8-17(9-11-19)16-6-4-15(5-7-16)12-13-29(27,28)24-20-3-1-2-18(20)14-21(24)22(25)26/h4-11,18,20-21H,1-3,12-14,23H2,(H,25,26)/t18-,20-,21?/m1/s1. The summed E-state index contributed by atoms with van der Waals surface area (Å²) in [5, 5.41) is 9.54. The molecule has 2 aliphatic rings. The number of carboxylic acid groups (broad SMARTS) is 1. The Morgan fingerprint density at radius 1 is 1.03 bits per heavy atom. The fourth-order valence-electron chi connectivity index (χ4n) is 4.82. The lowest BCUT2D eigenvalue weighted by atomic mass is 9.93. The largest absolute Gasteiger partial charge is 0.480 e. The third kappa shape index (κ3) is 4.12. The number of carbonyl (C=O) groups is 1. The van der Waals surface area contributed by atoms with Crippen molar-refractivity contribution in [3.8, 4) is 11.1 Å². The summed E-state index contributed by atoms with van der Waals surface area (Å²) in [7, 11) is -1.57. The highest BCUT2D eigenvalue weighted by Crippen LogP contribution is 2.43. The molecule has 1 heterocycles. The molecule has 0 aromatic heterocycles. The first-order valence-electron chi connectivity index (χ1n) is 10.3. The van der Waals surface area contributed by atoms with E-state index in [4.69, 9.17) is 0 Å². The molecule has 7 heteroatoms. The van der Waals surface area contributed by atoms with Gasteiger partial charge in [-0.15, -0.1) is 0 Å². The van der Waals surface area contributed by atoms with E-state index in [0.29, 0.717) is 12.8 Å². The summed E-state index contributed by atoms with van der Waals surface area (Å²) in [6, 6.07) is 15.2. The van der Waals surface area contributed by atoms with Crippen LogP contribution in [0, 0.1) is 5.92 Å². The molecule has 3 atom stereocenters. The Morgan fingerprint density at radius 2 is 1.66 bits per heavy atom. The van der Waals surface area contributed by atoms with E-state index in [-0.39, 0.29) is 17.7 Å². The zero-order chi connectivity index (χ0) is 20.6. The van der Waals surface area contributed by atoms with Gasteiger partial charge in [0.25, 0.3) is 0 Å². The van der Waals surface area contributed by atoms with Gasteiger partial charge in [0.15, 0.2) is 0 Å². The van der Waals surface area contributed by atoms with Crippen LogP contribution in [-0.4, -0.2) is 49.5 Å². The highest BCUT2D eigenvalue weighted by atomic mass is 32.2. The van der Waals surface area contributed by atoms with Crippen molar-refractivity contribution in [2.75, 3.05) is 5.75 Å². The van der Waals surface area contributed by atoms with Crippen LogP contribution in [-0.2, 0) is 21.2 Å². The Kier molecular flexibility index (Phi) is 5.53. The van der Waals surface area contributed by atoms with E-state index in [1.165, 1.54) is 9.77 Å². The minimum absolute atomic E-state index is 0.0517. The van der Waals surface area contributed by atoms with Gasteiger partial charge in [-0.2, -0.15) is 4.31 Å². The molecule has 2 aromatic rings. The Hall–Kier alpha value is -2.12. The maximum Gasteiger partial charge on any atom is 0.322 e. The van der Waals surface area contributed by atoms with E-state index < -0.39 is 22.0 Å². The summed E-state index contributed by atoms with van der Waals surface area (Å²) >= 11 is 0. The number of carboxylic acids is 1. The fraction of sp³-hybridized carbons (Fsp3) is 0.409. The van der Waals surface area contributed by atoms with Crippen LogP contribution in [0.1, 0.15) is 31.2 Å². The van der Waals surface area contributed by atoms with E-state index >= 15 is 0 Å². The number of sulfonamides is 1. The lowest BCUT2D eigenvalue weighted by molar-refractivity contribution is -0.141. The van der Waals surface area contributed by atoms with Crippen molar-refractivity contribution in [3.05, 3.63) is 54.1 Å². The van der Waals surface area contributed by atoms with Gasteiger partial charge in [-0.3, -0.25) is 4.79 Å². The number of benzene rings is 2. The molecule has 1 saturated carbocycles.